The molecule has 1 amide bonds. The van der Waals surface area contributed by atoms with Crippen LogP contribution in [0, 0.1) is 0 Å². The maximum Gasteiger partial charge on any atom is 0.255 e. The van der Waals surface area contributed by atoms with Crippen molar-refractivity contribution < 1.29 is 9.90 Å². The Balaban J connectivity index is 1.48. The first-order valence-electron chi connectivity index (χ1n) is 11.4. The van der Waals surface area contributed by atoms with Crippen LogP contribution < -0.4 is 10.2 Å². The lowest BCUT2D eigenvalue weighted by Gasteiger charge is -2.26. The smallest absolute Gasteiger partial charge is 0.255 e. The molecular weight excluding hydrogens is 454 g/mol. The number of rotatable bonds is 8. The normalized spacial score (nSPS) is 10.9. The molecule has 0 radical (unpaired) electrons. The Hall–Kier alpha value is -4.00. The minimum atomic E-state index is -0.172. The lowest BCUT2D eigenvalue weighted by Crippen LogP contribution is -2.26. The molecule has 5 nitrogen and oxygen atoms in total. The summed E-state index contributed by atoms with van der Waals surface area (Å²) in [5.41, 5.74) is 8.14. The molecule has 174 valence electrons. The molecule has 0 atom stereocenters. The molecule has 1 heterocycles. The van der Waals surface area contributed by atoms with Gasteiger partial charge in [-0.15, -0.1) is 11.3 Å². The summed E-state index contributed by atoms with van der Waals surface area (Å²) in [5, 5.41) is 12.7. The van der Waals surface area contributed by atoms with E-state index < -0.39 is 0 Å². The number of para-hydroxylation sites is 1. The fraction of sp³-hybridized carbons (Fsp3) is 0.103. The van der Waals surface area contributed by atoms with E-state index in [2.05, 4.69) is 27.3 Å². The quantitative estimate of drug-likeness (QED) is 0.278. The lowest BCUT2D eigenvalue weighted by molar-refractivity contribution is 0.102. The zero-order valence-corrected chi connectivity index (χ0v) is 19.9. The van der Waals surface area contributed by atoms with Gasteiger partial charge in [-0.2, -0.15) is 0 Å². The number of thiazole rings is 1. The summed E-state index contributed by atoms with van der Waals surface area (Å²) in [6.45, 7) is 1.08. The molecule has 5 aromatic rings. The number of benzene rings is 4. The Kier molecular flexibility index (Phi) is 6.84. The van der Waals surface area contributed by atoms with E-state index in [0.29, 0.717) is 24.3 Å². The van der Waals surface area contributed by atoms with E-state index in [4.69, 9.17) is 0 Å². The average Bonchev–Trinajstić information content (AvgIpc) is 3.37. The molecule has 0 spiro atoms. The summed E-state index contributed by atoms with van der Waals surface area (Å²) in [7, 11) is 0. The van der Waals surface area contributed by atoms with Gasteiger partial charge in [-0.3, -0.25) is 4.79 Å². The van der Waals surface area contributed by atoms with Crippen molar-refractivity contribution in [2.24, 2.45) is 0 Å². The van der Waals surface area contributed by atoms with Gasteiger partial charge in [-0.1, -0.05) is 54.6 Å². The van der Waals surface area contributed by atoms with Crippen LogP contribution in [0.25, 0.3) is 21.3 Å². The maximum absolute atomic E-state index is 13.2. The summed E-state index contributed by atoms with van der Waals surface area (Å²) < 4.78 is 1.09. The van der Waals surface area contributed by atoms with E-state index in [9.17, 15) is 9.90 Å². The van der Waals surface area contributed by atoms with Crippen LogP contribution in [0.1, 0.15) is 15.9 Å². The molecule has 0 fully saturated rings. The molecule has 1 aromatic heterocycles. The van der Waals surface area contributed by atoms with E-state index in [-0.39, 0.29) is 12.5 Å². The van der Waals surface area contributed by atoms with Gasteiger partial charge in [0.05, 0.1) is 22.3 Å². The zero-order chi connectivity index (χ0) is 24.0. The van der Waals surface area contributed by atoms with Gasteiger partial charge in [0.2, 0.25) is 0 Å². The molecule has 0 aliphatic rings. The van der Waals surface area contributed by atoms with Crippen LogP contribution in [0.15, 0.2) is 103 Å². The standard InChI is InChI=1S/C29H25N3O2S/c33-16-15-32(25-9-5-2-6-10-25)19-23-17-22(11-13-26(23)21-7-3-1-4-8-21)29(34)31-24-12-14-28-27(18-24)30-20-35-28/h1-14,17-18,20,33H,15-16,19H2,(H,31,34). The van der Waals surface area contributed by atoms with Crippen LogP contribution in [0.4, 0.5) is 11.4 Å². The number of amides is 1. The maximum atomic E-state index is 13.2. The number of carbonyl (C=O) groups excluding carboxylic acids is 1. The number of hydrogen-bond acceptors (Lipinski definition) is 5. The van der Waals surface area contributed by atoms with Gasteiger partial charge in [0, 0.05) is 30.0 Å². The third-order valence-electron chi connectivity index (χ3n) is 5.89. The highest BCUT2D eigenvalue weighted by atomic mass is 32.1. The van der Waals surface area contributed by atoms with E-state index in [1.54, 1.807) is 16.8 Å². The first-order chi connectivity index (χ1) is 17.2. The van der Waals surface area contributed by atoms with Gasteiger partial charge in [-0.05, 0) is 59.2 Å². The van der Waals surface area contributed by atoms with Gasteiger partial charge in [0.1, 0.15) is 0 Å². The lowest BCUT2D eigenvalue weighted by atomic mass is 9.96. The molecule has 0 unspecified atom stereocenters. The van der Waals surface area contributed by atoms with Crippen molar-refractivity contribution in [2.75, 3.05) is 23.4 Å². The van der Waals surface area contributed by atoms with Crippen LogP contribution in [-0.4, -0.2) is 29.1 Å². The summed E-state index contributed by atoms with van der Waals surface area (Å²) >= 11 is 1.57. The number of anilines is 2. The van der Waals surface area contributed by atoms with Crippen molar-refractivity contribution in [1.82, 2.24) is 4.98 Å². The van der Waals surface area contributed by atoms with Crippen molar-refractivity contribution in [3.63, 3.8) is 0 Å². The molecule has 0 aliphatic carbocycles. The molecule has 0 aliphatic heterocycles. The van der Waals surface area contributed by atoms with Crippen LogP contribution >= 0.6 is 11.3 Å². The fourth-order valence-electron chi connectivity index (χ4n) is 4.17. The summed E-state index contributed by atoms with van der Waals surface area (Å²) in [4.78, 5) is 19.7. The first kappa shape index (κ1) is 22.8. The molecule has 5 rings (SSSR count). The monoisotopic (exact) mass is 479 g/mol. The second-order valence-electron chi connectivity index (χ2n) is 8.21. The molecule has 2 N–H and O–H groups in total. The van der Waals surface area contributed by atoms with Gasteiger partial charge >= 0.3 is 0 Å². The van der Waals surface area contributed by atoms with E-state index >= 15 is 0 Å². The molecule has 4 aromatic carbocycles. The summed E-state index contributed by atoms with van der Waals surface area (Å²) in [5.74, 6) is -0.172. The van der Waals surface area contributed by atoms with Crippen molar-refractivity contribution in [3.8, 4) is 11.1 Å². The summed E-state index contributed by atoms with van der Waals surface area (Å²) in [6, 6.07) is 31.7. The Bertz CT molecular complexity index is 1430. The van der Waals surface area contributed by atoms with E-state index in [1.165, 1.54) is 0 Å². The third kappa shape index (κ3) is 5.24. The number of nitrogens with one attached hydrogen (secondary N) is 1. The number of hydrogen-bond donors (Lipinski definition) is 2. The fourth-order valence-corrected chi connectivity index (χ4v) is 4.83. The first-order valence-corrected chi connectivity index (χ1v) is 12.3. The average molecular weight is 480 g/mol. The second-order valence-corrected chi connectivity index (χ2v) is 9.09. The van der Waals surface area contributed by atoms with E-state index in [1.807, 2.05) is 84.9 Å². The van der Waals surface area contributed by atoms with E-state index in [0.717, 1.165) is 32.6 Å². The van der Waals surface area contributed by atoms with Crippen LogP contribution in [-0.2, 0) is 6.54 Å². The Labute approximate surface area is 208 Å². The van der Waals surface area contributed by atoms with Crippen LogP contribution in [0.3, 0.4) is 0 Å². The molecule has 35 heavy (non-hydrogen) atoms. The zero-order valence-electron chi connectivity index (χ0n) is 19.1. The molecule has 0 bridgehead atoms. The van der Waals surface area contributed by atoms with Gasteiger partial charge in [0.15, 0.2) is 0 Å². The molecule has 0 saturated heterocycles. The SMILES string of the molecule is O=C(Nc1ccc2scnc2c1)c1ccc(-c2ccccc2)c(CN(CCO)c2ccccc2)c1. The van der Waals surface area contributed by atoms with Crippen molar-refractivity contribution in [1.29, 1.82) is 0 Å². The van der Waals surface area contributed by atoms with Crippen molar-refractivity contribution >= 4 is 38.8 Å². The molecular formula is C29H25N3O2S. The van der Waals surface area contributed by atoms with Gasteiger partial charge in [0.25, 0.3) is 5.91 Å². The Morgan fingerprint density at radius 3 is 2.46 bits per heavy atom. The highest BCUT2D eigenvalue weighted by molar-refractivity contribution is 7.16. The van der Waals surface area contributed by atoms with Crippen molar-refractivity contribution in [2.45, 2.75) is 6.54 Å². The number of nitrogens with zero attached hydrogens (tertiary/aromatic N) is 2. The minimum absolute atomic E-state index is 0.0365. The molecule has 0 saturated carbocycles. The minimum Gasteiger partial charge on any atom is -0.395 e. The van der Waals surface area contributed by atoms with Gasteiger partial charge < -0.3 is 15.3 Å². The largest absolute Gasteiger partial charge is 0.395 e. The number of carbonyl (C=O) groups is 1. The van der Waals surface area contributed by atoms with Gasteiger partial charge in [-0.25, -0.2) is 4.98 Å². The number of aliphatic hydroxyl groups is 1. The van der Waals surface area contributed by atoms with Crippen molar-refractivity contribution in [3.05, 3.63) is 114 Å². The predicted octanol–water partition coefficient (Wildman–Crippen LogP) is 6.21. The number of aliphatic hydroxyl groups excluding tert-OH is 1. The molecule has 6 heteroatoms. The third-order valence-corrected chi connectivity index (χ3v) is 6.70. The van der Waals surface area contributed by atoms with Crippen LogP contribution in [0.5, 0.6) is 0 Å². The second kappa shape index (κ2) is 10.5. The Morgan fingerprint density at radius 2 is 1.69 bits per heavy atom. The number of fused-ring (bicyclic) bond motifs is 1. The summed E-state index contributed by atoms with van der Waals surface area (Å²) in [6.07, 6.45) is 0. The Morgan fingerprint density at radius 1 is 0.914 bits per heavy atom. The number of aromatic nitrogens is 1. The predicted molar refractivity (Wildman–Crippen MR) is 144 cm³/mol. The highest BCUT2D eigenvalue weighted by Crippen LogP contribution is 2.28. The highest BCUT2D eigenvalue weighted by Gasteiger charge is 2.15. The van der Waals surface area contributed by atoms with Crippen LogP contribution in [0.2, 0.25) is 0 Å². The topological polar surface area (TPSA) is 65.5 Å².